The van der Waals surface area contributed by atoms with Crippen LogP contribution >= 0.6 is 0 Å². The number of rotatable bonds is 2. The molecule has 1 unspecified atom stereocenters. The number of hydrogen-bond acceptors (Lipinski definition) is 2. The van der Waals surface area contributed by atoms with Gasteiger partial charge in [-0.05, 0) is 32.6 Å². The van der Waals surface area contributed by atoms with Crippen LogP contribution < -0.4 is 5.73 Å². The van der Waals surface area contributed by atoms with Crippen molar-refractivity contribution in [2.45, 2.75) is 32.7 Å². The van der Waals surface area contributed by atoms with E-state index in [1.54, 1.807) is 0 Å². The van der Waals surface area contributed by atoms with E-state index in [9.17, 15) is 0 Å². The van der Waals surface area contributed by atoms with E-state index in [0.717, 1.165) is 25.9 Å². The molecular weight excluding hydrogens is 178 g/mol. The summed E-state index contributed by atoms with van der Waals surface area (Å²) >= 11 is 0. The van der Waals surface area contributed by atoms with E-state index < -0.39 is 0 Å². The Balaban J connectivity index is 2.51. The van der Waals surface area contributed by atoms with Gasteiger partial charge in [0.1, 0.15) is 0 Å². The summed E-state index contributed by atoms with van der Waals surface area (Å²) in [6, 6.07) is 0.240. The first-order valence-electron chi connectivity index (χ1n) is 5.32. The molecule has 1 atom stereocenters. The minimum Gasteiger partial charge on any atom is -0.396 e. The molecule has 4 heteroatoms. The number of aliphatic hydroxyl groups is 1. The largest absolute Gasteiger partial charge is 0.396 e. The second-order valence-electron chi connectivity index (χ2n) is 4.22. The maximum absolute atomic E-state index is 9.07. The molecule has 1 aliphatic heterocycles. The van der Waals surface area contributed by atoms with Gasteiger partial charge in [0.2, 0.25) is 0 Å². The Hall–Kier alpha value is -0.770. The van der Waals surface area contributed by atoms with Crippen molar-refractivity contribution in [3.05, 3.63) is 0 Å². The molecular formula is C10H21N3O. The van der Waals surface area contributed by atoms with E-state index in [1.165, 1.54) is 0 Å². The van der Waals surface area contributed by atoms with Gasteiger partial charge in [-0.15, -0.1) is 0 Å². The molecule has 0 aliphatic carbocycles. The molecule has 0 radical (unpaired) electrons. The molecule has 1 fully saturated rings. The van der Waals surface area contributed by atoms with Crippen molar-refractivity contribution in [3.63, 3.8) is 0 Å². The highest BCUT2D eigenvalue weighted by atomic mass is 16.3. The molecule has 4 nitrogen and oxygen atoms in total. The first kappa shape index (κ1) is 11.3. The number of aliphatic imine (C=N–C) groups is 1. The van der Waals surface area contributed by atoms with Crippen molar-refractivity contribution >= 4 is 5.96 Å². The molecule has 0 aromatic carbocycles. The van der Waals surface area contributed by atoms with E-state index in [4.69, 9.17) is 10.8 Å². The molecule has 0 amide bonds. The van der Waals surface area contributed by atoms with Gasteiger partial charge in [-0.25, -0.2) is 0 Å². The Morgan fingerprint density at radius 2 is 2.36 bits per heavy atom. The number of likely N-dealkylation sites (tertiary alicyclic amines) is 1. The summed E-state index contributed by atoms with van der Waals surface area (Å²) in [4.78, 5) is 6.38. The summed E-state index contributed by atoms with van der Waals surface area (Å²) in [6.07, 6.45) is 2.20. The van der Waals surface area contributed by atoms with Gasteiger partial charge < -0.3 is 15.7 Å². The molecule has 1 rings (SSSR count). The second kappa shape index (κ2) is 5.20. The number of nitrogens with zero attached hydrogens (tertiary/aromatic N) is 2. The molecule has 0 aromatic rings. The first-order chi connectivity index (χ1) is 6.63. The molecule has 0 spiro atoms. The van der Waals surface area contributed by atoms with Crippen molar-refractivity contribution in [2.24, 2.45) is 16.6 Å². The van der Waals surface area contributed by atoms with Crippen LogP contribution in [0.2, 0.25) is 0 Å². The molecule has 14 heavy (non-hydrogen) atoms. The third-order valence-corrected chi connectivity index (χ3v) is 2.49. The minimum absolute atomic E-state index is 0.240. The minimum atomic E-state index is 0.240. The maximum atomic E-state index is 9.07. The fraction of sp³-hybridized carbons (Fsp3) is 0.900. The topological polar surface area (TPSA) is 61.8 Å². The standard InChI is InChI=1S/C10H21N3O/c1-8(2)12-10(11)13-5-3-4-9(6-13)7-14/h8-9,14H,3-7H2,1-2H3,(H2,11,12). The number of piperidine rings is 1. The molecule has 0 bridgehead atoms. The molecule has 3 N–H and O–H groups in total. The summed E-state index contributed by atoms with van der Waals surface area (Å²) in [6.45, 7) is 6.10. The van der Waals surface area contributed by atoms with Crippen LogP contribution in [-0.2, 0) is 0 Å². The quantitative estimate of drug-likeness (QED) is 0.500. The predicted molar refractivity (Wildman–Crippen MR) is 58.1 cm³/mol. The predicted octanol–water partition coefficient (Wildman–Crippen LogP) is 0.414. The van der Waals surface area contributed by atoms with Crippen LogP contribution in [0.25, 0.3) is 0 Å². The molecule has 0 aromatic heterocycles. The molecule has 82 valence electrons. The van der Waals surface area contributed by atoms with Gasteiger partial charge in [0.15, 0.2) is 5.96 Å². The summed E-state index contributed by atoms with van der Waals surface area (Å²) < 4.78 is 0. The molecule has 1 aliphatic rings. The van der Waals surface area contributed by atoms with Crippen LogP contribution in [0.3, 0.4) is 0 Å². The summed E-state index contributed by atoms with van der Waals surface area (Å²) in [5.74, 6) is 0.989. The Kier molecular flexibility index (Phi) is 4.20. The Labute approximate surface area is 85.8 Å². The van der Waals surface area contributed by atoms with Crippen molar-refractivity contribution in [1.82, 2.24) is 4.90 Å². The van der Waals surface area contributed by atoms with Gasteiger partial charge in [0, 0.05) is 25.7 Å². The third-order valence-electron chi connectivity index (χ3n) is 2.49. The maximum Gasteiger partial charge on any atom is 0.191 e. The van der Waals surface area contributed by atoms with Gasteiger partial charge in [-0.2, -0.15) is 0 Å². The van der Waals surface area contributed by atoms with Crippen molar-refractivity contribution in [1.29, 1.82) is 0 Å². The fourth-order valence-electron chi connectivity index (χ4n) is 1.77. The highest BCUT2D eigenvalue weighted by molar-refractivity contribution is 5.78. The van der Waals surface area contributed by atoms with Crippen LogP contribution in [-0.4, -0.2) is 41.7 Å². The molecule has 0 saturated carbocycles. The normalized spacial score (nSPS) is 24.4. The monoisotopic (exact) mass is 199 g/mol. The lowest BCUT2D eigenvalue weighted by Crippen LogP contribution is -2.45. The van der Waals surface area contributed by atoms with Crippen molar-refractivity contribution in [2.75, 3.05) is 19.7 Å². The SMILES string of the molecule is CC(C)N=C(N)N1CCCC(CO)C1. The molecule has 1 saturated heterocycles. The zero-order valence-electron chi connectivity index (χ0n) is 9.11. The van der Waals surface area contributed by atoms with Crippen LogP contribution in [0.1, 0.15) is 26.7 Å². The van der Waals surface area contributed by atoms with E-state index in [0.29, 0.717) is 11.9 Å². The second-order valence-corrected chi connectivity index (χ2v) is 4.22. The van der Waals surface area contributed by atoms with Crippen LogP contribution in [0.5, 0.6) is 0 Å². The number of hydrogen-bond donors (Lipinski definition) is 2. The zero-order valence-corrected chi connectivity index (χ0v) is 9.11. The van der Waals surface area contributed by atoms with E-state index in [1.807, 2.05) is 13.8 Å². The highest BCUT2D eigenvalue weighted by Gasteiger charge is 2.20. The molecule has 1 heterocycles. The zero-order chi connectivity index (χ0) is 10.6. The average molecular weight is 199 g/mol. The smallest absolute Gasteiger partial charge is 0.191 e. The fourth-order valence-corrected chi connectivity index (χ4v) is 1.77. The first-order valence-corrected chi connectivity index (χ1v) is 5.32. The lowest BCUT2D eigenvalue weighted by Gasteiger charge is -2.32. The Morgan fingerprint density at radius 1 is 1.64 bits per heavy atom. The van der Waals surface area contributed by atoms with Crippen LogP contribution in [0.15, 0.2) is 4.99 Å². The van der Waals surface area contributed by atoms with Crippen molar-refractivity contribution in [3.8, 4) is 0 Å². The van der Waals surface area contributed by atoms with Gasteiger partial charge in [-0.3, -0.25) is 4.99 Å². The number of nitrogens with two attached hydrogens (primary N) is 1. The number of guanidine groups is 1. The average Bonchev–Trinajstić information content (AvgIpc) is 2.17. The lowest BCUT2D eigenvalue weighted by atomic mass is 9.99. The van der Waals surface area contributed by atoms with E-state index in [2.05, 4.69) is 9.89 Å². The third kappa shape index (κ3) is 3.18. The van der Waals surface area contributed by atoms with Crippen LogP contribution in [0.4, 0.5) is 0 Å². The summed E-state index contributed by atoms with van der Waals surface area (Å²) in [5.41, 5.74) is 5.86. The highest BCUT2D eigenvalue weighted by Crippen LogP contribution is 2.15. The Morgan fingerprint density at radius 3 is 2.93 bits per heavy atom. The lowest BCUT2D eigenvalue weighted by molar-refractivity contribution is 0.159. The van der Waals surface area contributed by atoms with Gasteiger partial charge in [0.05, 0.1) is 0 Å². The Bertz CT molecular complexity index is 204. The van der Waals surface area contributed by atoms with Crippen LogP contribution in [0, 0.1) is 5.92 Å². The van der Waals surface area contributed by atoms with E-state index in [-0.39, 0.29) is 12.6 Å². The summed E-state index contributed by atoms with van der Waals surface area (Å²) in [5, 5.41) is 9.07. The summed E-state index contributed by atoms with van der Waals surface area (Å²) in [7, 11) is 0. The van der Waals surface area contributed by atoms with Crippen molar-refractivity contribution < 1.29 is 5.11 Å². The van der Waals surface area contributed by atoms with Gasteiger partial charge in [0.25, 0.3) is 0 Å². The van der Waals surface area contributed by atoms with E-state index >= 15 is 0 Å². The van der Waals surface area contributed by atoms with Gasteiger partial charge >= 0.3 is 0 Å². The number of aliphatic hydroxyl groups excluding tert-OH is 1. The van der Waals surface area contributed by atoms with Gasteiger partial charge in [-0.1, -0.05) is 0 Å².